The van der Waals surface area contributed by atoms with Gasteiger partial charge in [0.15, 0.2) is 0 Å². The molecular weight excluding hydrogens is 415 g/mol. The van der Waals surface area contributed by atoms with Gasteiger partial charge in [0.05, 0.1) is 18.2 Å². The van der Waals surface area contributed by atoms with Crippen LogP contribution in [0.15, 0.2) is 48.5 Å². The summed E-state index contributed by atoms with van der Waals surface area (Å²) in [7, 11) is 1.71. The van der Waals surface area contributed by atoms with Crippen LogP contribution in [0.25, 0.3) is 0 Å². The van der Waals surface area contributed by atoms with Crippen LogP contribution in [-0.4, -0.2) is 44.1 Å². The molecule has 5 heteroatoms. The summed E-state index contributed by atoms with van der Waals surface area (Å²) in [6.45, 7) is 2.75. The van der Waals surface area contributed by atoms with Crippen LogP contribution in [0.3, 0.4) is 0 Å². The van der Waals surface area contributed by atoms with Gasteiger partial charge in [-0.3, -0.25) is 4.79 Å². The number of carbonyl (C=O) groups excluding carboxylic acids is 1. The number of piperazine rings is 1. The molecule has 2 unspecified atom stereocenters. The van der Waals surface area contributed by atoms with Crippen molar-refractivity contribution in [1.29, 1.82) is 0 Å². The minimum atomic E-state index is -0.218. The Bertz CT molecular complexity index is 1030. The van der Waals surface area contributed by atoms with Gasteiger partial charge in [-0.05, 0) is 85.6 Å². The van der Waals surface area contributed by atoms with Crippen molar-refractivity contribution < 1.29 is 13.9 Å². The molecule has 0 radical (unpaired) electrons. The molecule has 4 saturated carbocycles. The number of methoxy groups -OCH3 is 1. The summed E-state index contributed by atoms with van der Waals surface area (Å²) in [5, 5.41) is 0. The average Bonchev–Trinajstić information content (AvgIpc) is 2.83. The smallest absolute Gasteiger partial charge is 0.228 e. The van der Waals surface area contributed by atoms with Crippen molar-refractivity contribution in [3.63, 3.8) is 0 Å². The van der Waals surface area contributed by atoms with E-state index in [1.54, 1.807) is 13.2 Å². The van der Waals surface area contributed by atoms with Gasteiger partial charge < -0.3 is 14.5 Å². The molecule has 0 spiro atoms. The molecule has 33 heavy (non-hydrogen) atoms. The van der Waals surface area contributed by atoms with E-state index in [0.29, 0.717) is 49.6 Å². The number of para-hydroxylation sites is 1. The lowest BCUT2D eigenvalue weighted by Crippen LogP contribution is -2.61. The van der Waals surface area contributed by atoms with Crippen molar-refractivity contribution in [1.82, 2.24) is 4.90 Å². The van der Waals surface area contributed by atoms with Crippen LogP contribution in [-0.2, 0) is 10.2 Å². The van der Waals surface area contributed by atoms with Crippen molar-refractivity contribution in [3.8, 4) is 5.75 Å². The Morgan fingerprint density at radius 2 is 1.61 bits per heavy atom. The van der Waals surface area contributed by atoms with Crippen LogP contribution in [0, 0.1) is 23.1 Å². The van der Waals surface area contributed by atoms with E-state index in [2.05, 4.69) is 34.1 Å². The first-order chi connectivity index (χ1) is 16.0. The van der Waals surface area contributed by atoms with E-state index in [0.717, 1.165) is 25.0 Å². The lowest BCUT2D eigenvalue weighted by molar-refractivity contribution is -0.160. The van der Waals surface area contributed by atoms with Gasteiger partial charge in [0.2, 0.25) is 5.91 Å². The molecule has 1 aliphatic heterocycles. The molecule has 2 aromatic rings. The van der Waals surface area contributed by atoms with Crippen LogP contribution in [0.1, 0.15) is 44.1 Å². The number of amides is 1. The van der Waals surface area contributed by atoms with E-state index in [1.165, 1.54) is 30.9 Å². The summed E-state index contributed by atoms with van der Waals surface area (Å²) >= 11 is 0. The zero-order chi connectivity index (χ0) is 22.6. The Kier molecular flexibility index (Phi) is 4.93. The summed E-state index contributed by atoms with van der Waals surface area (Å²) in [5.41, 5.74) is 1.95. The number of anilines is 1. The Labute approximate surface area is 195 Å². The van der Waals surface area contributed by atoms with Gasteiger partial charge in [0.25, 0.3) is 0 Å². The third-order valence-corrected chi connectivity index (χ3v) is 8.98. The maximum Gasteiger partial charge on any atom is 0.228 e. The van der Waals surface area contributed by atoms with E-state index < -0.39 is 0 Å². The molecule has 1 amide bonds. The van der Waals surface area contributed by atoms with Gasteiger partial charge in [0.1, 0.15) is 11.6 Å². The standard InChI is InChI=1S/C28H33FN2O2/c1-33-23-8-6-22(7-9-23)27-15-20-14-21(16-27)18-28(17-20,19-27)26(32)31-12-10-30(11-13-31)25-5-3-2-4-24(25)29/h2-9,20-21H,10-19H2,1H3. The van der Waals surface area contributed by atoms with Gasteiger partial charge in [-0.1, -0.05) is 24.3 Å². The summed E-state index contributed by atoms with van der Waals surface area (Å²) < 4.78 is 19.6. The van der Waals surface area contributed by atoms with Crippen molar-refractivity contribution in [2.45, 2.75) is 43.9 Å². The lowest BCUT2D eigenvalue weighted by Gasteiger charge is -2.62. The maximum atomic E-state index is 14.3. The first kappa shape index (κ1) is 21.0. The maximum absolute atomic E-state index is 14.3. The number of hydrogen-bond donors (Lipinski definition) is 0. The van der Waals surface area contributed by atoms with Crippen LogP contribution in [0.4, 0.5) is 10.1 Å². The monoisotopic (exact) mass is 448 g/mol. The van der Waals surface area contributed by atoms with Crippen LogP contribution in [0.5, 0.6) is 5.75 Å². The molecule has 174 valence electrons. The Morgan fingerprint density at radius 1 is 0.939 bits per heavy atom. The van der Waals surface area contributed by atoms with Gasteiger partial charge >= 0.3 is 0 Å². The molecule has 7 rings (SSSR count). The lowest BCUT2D eigenvalue weighted by atomic mass is 9.42. The highest BCUT2D eigenvalue weighted by Crippen LogP contribution is 2.66. The fourth-order valence-corrected chi connectivity index (χ4v) is 7.99. The summed E-state index contributed by atoms with van der Waals surface area (Å²) in [6.07, 6.45) is 6.79. The molecule has 1 heterocycles. The quantitative estimate of drug-likeness (QED) is 0.658. The second-order valence-corrected chi connectivity index (χ2v) is 11.0. The second-order valence-electron chi connectivity index (χ2n) is 11.0. The summed E-state index contributed by atoms with van der Waals surface area (Å²) in [4.78, 5) is 18.2. The van der Waals surface area contributed by atoms with E-state index in [-0.39, 0.29) is 16.6 Å². The molecule has 5 fully saturated rings. The fraction of sp³-hybridized carbons (Fsp3) is 0.536. The number of carbonyl (C=O) groups is 1. The number of rotatable bonds is 4. The van der Waals surface area contributed by atoms with Gasteiger partial charge in [-0.2, -0.15) is 0 Å². The van der Waals surface area contributed by atoms with Gasteiger partial charge in [-0.25, -0.2) is 4.39 Å². The van der Waals surface area contributed by atoms with Crippen molar-refractivity contribution in [2.24, 2.45) is 17.3 Å². The number of ether oxygens (including phenoxy) is 1. The Morgan fingerprint density at radius 3 is 2.24 bits per heavy atom. The Balaban J connectivity index is 1.22. The van der Waals surface area contributed by atoms with Crippen LogP contribution >= 0.6 is 0 Å². The Hall–Kier alpha value is -2.56. The molecule has 4 nitrogen and oxygen atoms in total. The zero-order valence-electron chi connectivity index (χ0n) is 19.4. The highest BCUT2D eigenvalue weighted by Gasteiger charge is 2.61. The number of benzene rings is 2. The van der Waals surface area contributed by atoms with E-state index in [4.69, 9.17) is 4.74 Å². The molecule has 0 aromatic heterocycles. The first-order valence-electron chi connectivity index (χ1n) is 12.4. The molecular formula is C28H33FN2O2. The van der Waals surface area contributed by atoms with Gasteiger partial charge in [-0.15, -0.1) is 0 Å². The van der Waals surface area contributed by atoms with E-state index in [9.17, 15) is 9.18 Å². The van der Waals surface area contributed by atoms with E-state index >= 15 is 0 Å². The average molecular weight is 449 g/mol. The van der Waals surface area contributed by atoms with Crippen molar-refractivity contribution in [2.75, 3.05) is 38.2 Å². The number of hydrogen-bond acceptors (Lipinski definition) is 3. The van der Waals surface area contributed by atoms with E-state index in [1.807, 2.05) is 12.1 Å². The van der Waals surface area contributed by atoms with Crippen LogP contribution in [0.2, 0.25) is 0 Å². The van der Waals surface area contributed by atoms with Crippen LogP contribution < -0.4 is 9.64 Å². The number of halogens is 1. The minimum Gasteiger partial charge on any atom is -0.497 e. The number of nitrogens with zero attached hydrogens (tertiary/aromatic N) is 2. The fourth-order valence-electron chi connectivity index (χ4n) is 7.99. The normalized spacial score (nSPS) is 32.8. The molecule has 4 aliphatic carbocycles. The first-order valence-corrected chi connectivity index (χ1v) is 12.4. The van der Waals surface area contributed by atoms with Crippen molar-refractivity contribution in [3.05, 3.63) is 59.9 Å². The summed E-state index contributed by atoms with van der Waals surface area (Å²) in [6, 6.07) is 15.6. The second kappa shape index (κ2) is 7.75. The topological polar surface area (TPSA) is 32.8 Å². The molecule has 1 saturated heterocycles. The predicted molar refractivity (Wildman–Crippen MR) is 127 cm³/mol. The molecule has 2 atom stereocenters. The molecule has 5 aliphatic rings. The largest absolute Gasteiger partial charge is 0.497 e. The third kappa shape index (κ3) is 3.43. The van der Waals surface area contributed by atoms with Gasteiger partial charge in [0, 0.05) is 26.2 Å². The minimum absolute atomic E-state index is 0.126. The third-order valence-electron chi connectivity index (χ3n) is 8.98. The summed E-state index contributed by atoms with van der Waals surface area (Å²) in [5.74, 6) is 2.37. The highest BCUT2D eigenvalue weighted by atomic mass is 19.1. The molecule has 4 bridgehead atoms. The SMILES string of the molecule is COc1ccc(C23CC4CC(CC(C(=O)N5CCN(c6ccccc6F)CC5)(C4)C2)C3)cc1. The highest BCUT2D eigenvalue weighted by molar-refractivity contribution is 5.84. The van der Waals surface area contributed by atoms with Crippen molar-refractivity contribution >= 4 is 11.6 Å². The molecule has 2 aromatic carbocycles. The molecule has 0 N–H and O–H groups in total. The zero-order valence-corrected chi connectivity index (χ0v) is 19.4. The predicted octanol–water partition coefficient (Wildman–Crippen LogP) is 5.02.